The molecule has 0 saturated carbocycles. The number of imide groups is 1. The maximum atomic E-state index is 14.0. The number of nitrogens with zero attached hydrogens (tertiary/aromatic N) is 1. The van der Waals surface area contributed by atoms with E-state index >= 15 is 0 Å². The van der Waals surface area contributed by atoms with E-state index in [1.165, 1.54) is 17.0 Å². The second-order valence-corrected chi connectivity index (χ2v) is 11.4. The highest BCUT2D eigenvalue weighted by Crippen LogP contribution is 2.61. The summed E-state index contributed by atoms with van der Waals surface area (Å²) in [6, 6.07) is 29.4. The van der Waals surface area contributed by atoms with E-state index in [1.807, 2.05) is 24.3 Å². The number of halogens is 1. The molecule has 3 amide bonds. The molecule has 8 rings (SSSR count). The zero-order valence-corrected chi connectivity index (χ0v) is 23.2. The lowest BCUT2D eigenvalue weighted by Gasteiger charge is -2.45. The average Bonchev–Trinajstić information content (AvgIpc) is 3.27. The third-order valence-electron chi connectivity index (χ3n) is 8.25. The lowest BCUT2D eigenvalue weighted by atomic mass is 9.55. The van der Waals surface area contributed by atoms with Crippen LogP contribution in [0.2, 0.25) is 0 Å². The van der Waals surface area contributed by atoms with E-state index in [1.54, 1.807) is 36.4 Å². The van der Waals surface area contributed by atoms with E-state index in [4.69, 9.17) is 4.74 Å². The number of hydrogen-bond acceptors (Lipinski definition) is 5. The molecule has 2 bridgehead atoms. The Bertz CT molecular complexity index is 1640. The van der Waals surface area contributed by atoms with Gasteiger partial charge in [0.2, 0.25) is 11.8 Å². The predicted molar refractivity (Wildman–Crippen MR) is 156 cm³/mol. The van der Waals surface area contributed by atoms with E-state index in [9.17, 15) is 19.2 Å². The van der Waals surface area contributed by atoms with Crippen molar-refractivity contribution in [1.82, 2.24) is 0 Å². The SMILES string of the molecule is O=C(COC(=O)c1cccc(N2C(=O)[C@@H]3C4c5ccccc5C(c5ccccc54)[C@@H]3C2=O)c1)Nc1ccc(Br)cc1. The summed E-state index contributed by atoms with van der Waals surface area (Å²) in [4.78, 5) is 54.3. The Hall–Kier alpha value is -4.56. The highest BCUT2D eigenvalue weighted by atomic mass is 79.9. The molecule has 4 aliphatic rings. The molecule has 1 heterocycles. The van der Waals surface area contributed by atoms with E-state index in [0.29, 0.717) is 11.4 Å². The summed E-state index contributed by atoms with van der Waals surface area (Å²) >= 11 is 3.34. The van der Waals surface area contributed by atoms with Crippen molar-refractivity contribution >= 4 is 51.0 Å². The molecule has 1 N–H and O–H groups in total. The van der Waals surface area contributed by atoms with Crippen molar-refractivity contribution in [2.45, 2.75) is 11.8 Å². The summed E-state index contributed by atoms with van der Waals surface area (Å²) in [6.07, 6.45) is 0. The maximum absolute atomic E-state index is 14.0. The van der Waals surface area contributed by atoms with Gasteiger partial charge in [-0.2, -0.15) is 0 Å². The highest BCUT2D eigenvalue weighted by Gasteiger charge is 2.61. The number of ether oxygens (including phenoxy) is 1. The van der Waals surface area contributed by atoms with Gasteiger partial charge in [0.15, 0.2) is 6.61 Å². The van der Waals surface area contributed by atoms with Crippen LogP contribution in [0.15, 0.2) is 102 Å². The molecule has 4 aromatic carbocycles. The summed E-state index contributed by atoms with van der Waals surface area (Å²) in [6.45, 7) is -0.481. The van der Waals surface area contributed by atoms with Crippen LogP contribution in [0.4, 0.5) is 11.4 Å². The monoisotopic (exact) mass is 606 g/mol. The van der Waals surface area contributed by atoms with E-state index in [2.05, 4.69) is 45.5 Å². The van der Waals surface area contributed by atoms with Crippen LogP contribution in [0.25, 0.3) is 0 Å². The lowest BCUT2D eigenvalue weighted by molar-refractivity contribution is -0.122. The second-order valence-electron chi connectivity index (χ2n) is 10.5. The van der Waals surface area contributed by atoms with Gasteiger partial charge in [0.25, 0.3) is 5.91 Å². The minimum absolute atomic E-state index is 0.143. The largest absolute Gasteiger partial charge is 0.452 e. The Kier molecular flexibility index (Phi) is 6.08. The number of nitrogens with one attached hydrogen (secondary N) is 1. The third-order valence-corrected chi connectivity index (χ3v) is 8.78. The predicted octanol–water partition coefficient (Wildman–Crippen LogP) is 5.64. The number of esters is 1. The van der Waals surface area contributed by atoms with Crippen LogP contribution in [-0.4, -0.2) is 30.3 Å². The molecule has 1 fully saturated rings. The Labute approximate surface area is 244 Å². The van der Waals surface area contributed by atoms with Crippen molar-refractivity contribution in [3.05, 3.63) is 129 Å². The molecule has 4 aromatic rings. The van der Waals surface area contributed by atoms with Crippen molar-refractivity contribution in [1.29, 1.82) is 0 Å². The molecule has 7 nitrogen and oxygen atoms in total. The first-order valence-corrected chi connectivity index (χ1v) is 14.1. The number of hydrogen-bond donors (Lipinski definition) is 1. The van der Waals surface area contributed by atoms with E-state index < -0.39 is 30.3 Å². The summed E-state index contributed by atoms with van der Waals surface area (Å²) in [5, 5.41) is 2.67. The zero-order valence-electron chi connectivity index (χ0n) is 21.6. The maximum Gasteiger partial charge on any atom is 0.338 e. The number of rotatable bonds is 5. The summed E-state index contributed by atoms with van der Waals surface area (Å²) in [5.41, 5.74) is 5.42. The minimum atomic E-state index is -0.728. The van der Waals surface area contributed by atoms with Gasteiger partial charge in [-0.15, -0.1) is 0 Å². The van der Waals surface area contributed by atoms with E-state index in [-0.39, 0.29) is 29.2 Å². The molecule has 0 unspecified atom stereocenters. The smallest absolute Gasteiger partial charge is 0.338 e. The van der Waals surface area contributed by atoms with Gasteiger partial charge in [0.05, 0.1) is 23.1 Å². The van der Waals surface area contributed by atoms with Gasteiger partial charge in [0.1, 0.15) is 0 Å². The molecule has 202 valence electrons. The molecule has 1 aliphatic heterocycles. The molecule has 0 spiro atoms. The van der Waals surface area contributed by atoms with Crippen molar-refractivity contribution in [2.24, 2.45) is 11.8 Å². The Morgan fingerprint density at radius 2 is 1.27 bits per heavy atom. The van der Waals surface area contributed by atoms with Gasteiger partial charge in [-0.1, -0.05) is 70.5 Å². The fourth-order valence-corrected chi connectivity index (χ4v) is 6.91. The summed E-state index contributed by atoms with van der Waals surface area (Å²) < 4.78 is 6.10. The van der Waals surface area contributed by atoms with Gasteiger partial charge in [-0.3, -0.25) is 14.4 Å². The molecular formula is C33H23BrN2O5. The topological polar surface area (TPSA) is 92.8 Å². The average molecular weight is 607 g/mol. The number of anilines is 2. The first kappa shape index (κ1) is 25.4. The van der Waals surface area contributed by atoms with E-state index in [0.717, 1.165) is 26.7 Å². The van der Waals surface area contributed by atoms with Crippen molar-refractivity contribution in [3.8, 4) is 0 Å². The van der Waals surface area contributed by atoms with Crippen LogP contribution < -0.4 is 10.2 Å². The third kappa shape index (κ3) is 4.09. The standard InChI is InChI=1S/C33H23BrN2O5/c34-19-12-14-20(15-13-19)35-26(37)17-41-33(40)18-6-5-7-21(16-18)36-31(38)29-27-22-8-1-2-9-23(22)28(30(29)32(36)39)25-11-4-3-10-24(25)27/h1-16,27-30H,17H2,(H,35,37)/t27?,28?,29-,30+. The van der Waals surface area contributed by atoms with Gasteiger partial charge in [0, 0.05) is 22.0 Å². The quantitative estimate of drug-likeness (QED) is 0.234. The first-order chi connectivity index (χ1) is 19.9. The molecule has 0 aromatic heterocycles. The molecule has 3 aliphatic carbocycles. The number of carbonyl (C=O) groups excluding carboxylic acids is 4. The first-order valence-electron chi connectivity index (χ1n) is 13.3. The lowest BCUT2D eigenvalue weighted by Crippen LogP contribution is -2.41. The fraction of sp³-hybridized carbons (Fsp3) is 0.152. The summed E-state index contributed by atoms with van der Waals surface area (Å²) in [5.74, 6) is -3.20. The Morgan fingerprint density at radius 3 is 1.80 bits per heavy atom. The number of benzene rings is 4. The molecule has 41 heavy (non-hydrogen) atoms. The molecule has 2 atom stereocenters. The van der Waals surface area contributed by atoms with Gasteiger partial charge in [-0.05, 0) is 64.7 Å². The van der Waals surface area contributed by atoms with Gasteiger partial charge < -0.3 is 10.1 Å². The minimum Gasteiger partial charge on any atom is -0.452 e. The van der Waals surface area contributed by atoms with Crippen molar-refractivity contribution in [2.75, 3.05) is 16.8 Å². The molecule has 0 radical (unpaired) electrons. The zero-order chi connectivity index (χ0) is 28.2. The van der Waals surface area contributed by atoms with Crippen LogP contribution in [0.3, 0.4) is 0 Å². The van der Waals surface area contributed by atoms with Crippen LogP contribution in [0, 0.1) is 11.8 Å². The summed E-state index contributed by atoms with van der Waals surface area (Å²) in [7, 11) is 0. The van der Waals surface area contributed by atoms with Crippen LogP contribution in [0.1, 0.15) is 44.4 Å². The fourth-order valence-electron chi connectivity index (χ4n) is 6.65. The van der Waals surface area contributed by atoms with Gasteiger partial charge >= 0.3 is 5.97 Å². The van der Waals surface area contributed by atoms with Crippen molar-refractivity contribution < 1.29 is 23.9 Å². The Morgan fingerprint density at radius 1 is 0.732 bits per heavy atom. The van der Waals surface area contributed by atoms with Gasteiger partial charge in [-0.25, -0.2) is 9.69 Å². The van der Waals surface area contributed by atoms with Crippen molar-refractivity contribution in [3.63, 3.8) is 0 Å². The van der Waals surface area contributed by atoms with Crippen LogP contribution >= 0.6 is 15.9 Å². The molecule has 8 heteroatoms. The normalized spacial score (nSPS) is 21.6. The number of amides is 3. The molecular weight excluding hydrogens is 584 g/mol. The second kappa shape index (κ2) is 9.82. The van der Waals surface area contributed by atoms with Crippen LogP contribution in [0.5, 0.6) is 0 Å². The Balaban J connectivity index is 1.13. The molecule has 1 saturated heterocycles. The van der Waals surface area contributed by atoms with Crippen LogP contribution in [-0.2, 0) is 19.1 Å². The number of carbonyl (C=O) groups is 4. The highest BCUT2D eigenvalue weighted by molar-refractivity contribution is 9.10.